The first kappa shape index (κ1) is 19.5. The minimum Gasteiger partial charge on any atom is -0.489 e. The van der Waals surface area contributed by atoms with Gasteiger partial charge in [0.2, 0.25) is 0 Å². The third kappa shape index (κ3) is 4.55. The monoisotopic (exact) mass is 379 g/mol. The third-order valence-electron chi connectivity index (χ3n) is 4.54. The van der Waals surface area contributed by atoms with Gasteiger partial charge in [-0.2, -0.15) is 0 Å². The standard InChI is InChI=1S/C23H25NO4/c1-15-8-7-9-18(12-15)14-27-21-11-6-5-10-19(21)20-13-16(2)24-17(3)22(20)28-23(25)26-4/h5-13,20,24H,14H2,1-4H3. The highest BCUT2D eigenvalue weighted by Crippen LogP contribution is 2.37. The lowest BCUT2D eigenvalue weighted by Gasteiger charge is -2.27. The third-order valence-corrected chi connectivity index (χ3v) is 4.54. The molecule has 0 radical (unpaired) electrons. The van der Waals surface area contributed by atoms with Crippen LogP contribution in [0, 0.1) is 6.92 Å². The number of carbonyl (C=O) groups excluding carboxylic acids is 1. The van der Waals surface area contributed by atoms with Gasteiger partial charge in [-0.3, -0.25) is 0 Å². The molecule has 1 aliphatic heterocycles. The lowest BCUT2D eigenvalue weighted by atomic mass is 9.92. The van der Waals surface area contributed by atoms with Crippen LogP contribution in [-0.4, -0.2) is 13.3 Å². The SMILES string of the molecule is COC(=O)OC1=C(C)NC(C)=CC1c1ccccc1OCc1cccc(C)c1. The van der Waals surface area contributed by atoms with Crippen LogP contribution in [0.4, 0.5) is 4.79 Å². The predicted octanol–water partition coefficient (Wildman–Crippen LogP) is 5.18. The summed E-state index contributed by atoms with van der Waals surface area (Å²) in [7, 11) is 1.30. The summed E-state index contributed by atoms with van der Waals surface area (Å²) in [4.78, 5) is 11.8. The summed E-state index contributed by atoms with van der Waals surface area (Å²) in [6, 6.07) is 16.0. The Morgan fingerprint density at radius 1 is 1.07 bits per heavy atom. The van der Waals surface area contributed by atoms with Gasteiger partial charge in [-0.1, -0.05) is 54.1 Å². The van der Waals surface area contributed by atoms with E-state index in [1.165, 1.54) is 12.7 Å². The van der Waals surface area contributed by atoms with Gasteiger partial charge < -0.3 is 19.5 Å². The number of aryl methyl sites for hydroxylation is 1. The van der Waals surface area contributed by atoms with Gasteiger partial charge in [0.25, 0.3) is 0 Å². The van der Waals surface area contributed by atoms with Crippen LogP contribution in [0.3, 0.4) is 0 Å². The second kappa shape index (κ2) is 8.65. The fraction of sp³-hybridized carbons (Fsp3) is 0.261. The molecule has 146 valence electrons. The largest absolute Gasteiger partial charge is 0.513 e. The zero-order valence-corrected chi connectivity index (χ0v) is 16.6. The van der Waals surface area contributed by atoms with Crippen molar-refractivity contribution in [3.63, 3.8) is 0 Å². The number of carbonyl (C=O) groups is 1. The molecule has 2 aromatic carbocycles. The van der Waals surface area contributed by atoms with Crippen molar-refractivity contribution in [3.8, 4) is 5.75 Å². The van der Waals surface area contributed by atoms with Crippen LogP contribution in [0.15, 0.2) is 71.8 Å². The van der Waals surface area contributed by atoms with Crippen molar-refractivity contribution in [2.45, 2.75) is 33.3 Å². The molecule has 2 aromatic rings. The van der Waals surface area contributed by atoms with Gasteiger partial charge >= 0.3 is 6.16 Å². The lowest BCUT2D eigenvalue weighted by Crippen LogP contribution is -2.23. The molecule has 0 amide bonds. The number of ether oxygens (including phenoxy) is 3. The van der Waals surface area contributed by atoms with Crippen molar-refractivity contribution >= 4 is 6.16 Å². The van der Waals surface area contributed by atoms with Crippen LogP contribution in [0.2, 0.25) is 0 Å². The zero-order chi connectivity index (χ0) is 20.1. The number of rotatable bonds is 5. The molecule has 3 rings (SSSR count). The van der Waals surface area contributed by atoms with Gasteiger partial charge in [0.1, 0.15) is 18.1 Å². The van der Waals surface area contributed by atoms with E-state index >= 15 is 0 Å². The van der Waals surface area contributed by atoms with E-state index in [1.54, 1.807) is 0 Å². The van der Waals surface area contributed by atoms with Gasteiger partial charge in [0.05, 0.1) is 18.7 Å². The van der Waals surface area contributed by atoms with Crippen molar-refractivity contribution in [3.05, 3.63) is 88.5 Å². The quantitative estimate of drug-likeness (QED) is 0.726. The fourth-order valence-corrected chi connectivity index (χ4v) is 3.29. The fourth-order valence-electron chi connectivity index (χ4n) is 3.29. The van der Waals surface area contributed by atoms with Crippen molar-refractivity contribution in [1.29, 1.82) is 0 Å². The molecule has 0 saturated carbocycles. The summed E-state index contributed by atoms with van der Waals surface area (Å²) in [5.74, 6) is 0.997. The molecule has 1 atom stereocenters. The molecule has 1 N–H and O–H groups in total. The minimum atomic E-state index is -0.743. The molecule has 0 aromatic heterocycles. The van der Waals surface area contributed by atoms with Crippen molar-refractivity contribution in [1.82, 2.24) is 5.32 Å². The van der Waals surface area contributed by atoms with Crippen molar-refractivity contribution < 1.29 is 19.0 Å². The van der Waals surface area contributed by atoms with E-state index in [9.17, 15) is 4.79 Å². The topological polar surface area (TPSA) is 56.8 Å². The number of nitrogens with one attached hydrogen (secondary N) is 1. The smallest absolute Gasteiger partial charge is 0.489 e. The normalized spacial score (nSPS) is 16.1. The van der Waals surface area contributed by atoms with Crippen LogP contribution in [0.5, 0.6) is 5.75 Å². The highest BCUT2D eigenvalue weighted by atomic mass is 16.7. The highest BCUT2D eigenvalue weighted by molar-refractivity contribution is 5.62. The second-order valence-electron chi connectivity index (χ2n) is 6.81. The highest BCUT2D eigenvalue weighted by Gasteiger charge is 2.28. The van der Waals surface area contributed by atoms with E-state index < -0.39 is 6.16 Å². The molecule has 0 aliphatic carbocycles. The van der Waals surface area contributed by atoms with E-state index in [2.05, 4.69) is 29.1 Å². The lowest BCUT2D eigenvalue weighted by molar-refractivity contribution is 0.0923. The maximum atomic E-state index is 11.8. The number of para-hydroxylation sites is 1. The average molecular weight is 379 g/mol. The Balaban J connectivity index is 1.91. The molecule has 0 spiro atoms. The van der Waals surface area contributed by atoms with E-state index in [4.69, 9.17) is 9.47 Å². The summed E-state index contributed by atoms with van der Waals surface area (Å²) < 4.78 is 16.3. The summed E-state index contributed by atoms with van der Waals surface area (Å²) in [6.07, 6.45) is 1.27. The number of benzene rings is 2. The van der Waals surface area contributed by atoms with Gasteiger partial charge in [0, 0.05) is 11.3 Å². The number of methoxy groups -OCH3 is 1. The summed E-state index contributed by atoms with van der Waals surface area (Å²) >= 11 is 0. The first-order chi connectivity index (χ1) is 13.5. The van der Waals surface area contributed by atoms with E-state index in [0.717, 1.165) is 28.3 Å². The number of hydrogen-bond acceptors (Lipinski definition) is 5. The Hall–Kier alpha value is -3.21. The summed E-state index contributed by atoms with van der Waals surface area (Å²) in [5.41, 5.74) is 4.97. The van der Waals surface area contributed by atoms with Crippen molar-refractivity contribution in [2.24, 2.45) is 0 Å². The molecule has 1 heterocycles. The molecule has 0 fully saturated rings. The van der Waals surface area contributed by atoms with E-state index in [-0.39, 0.29) is 5.92 Å². The molecule has 0 saturated heterocycles. The van der Waals surface area contributed by atoms with E-state index in [0.29, 0.717) is 12.4 Å². The van der Waals surface area contributed by atoms with Gasteiger partial charge in [-0.25, -0.2) is 4.79 Å². The first-order valence-electron chi connectivity index (χ1n) is 9.17. The maximum Gasteiger partial charge on any atom is 0.513 e. The molecule has 5 nitrogen and oxygen atoms in total. The van der Waals surface area contributed by atoms with Gasteiger partial charge in [0.15, 0.2) is 0 Å². The summed E-state index contributed by atoms with van der Waals surface area (Å²) in [6.45, 7) is 6.37. The van der Waals surface area contributed by atoms with E-state index in [1.807, 2.05) is 56.3 Å². The summed E-state index contributed by atoms with van der Waals surface area (Å²) in [5, 5.41) is 3.21. The Labute approximate surface area is 165 Å². The first-order valence-corrected chi connectivity index (χ1v) is 9.17. The number of hydrogen-bond donors (Lipinski definition) is 1. The van der Waals surface area contributed by atoms with Gasteiger partial charge in [-0.05, 0) is 32.4 Å². The minimum absolute atomic E-state index is 0.256. The number of allylic oxidation sites excluding steroid dienone is 3. The molecular formula is C23H25NO4. The van der Waals surface area contributed by atoms with Crippen LogP contribution in [0.1, 0.15) is 36.5 Å². The van der Waals surface area contributed by atoms with Crippen LogP contribution >= 0.6 is 0 Å². The van der Waals surface area contributed by atoms with Crippen LogP contribution in [-0.2, 0) is 16.1 Å². The van der Waals surface area contributed by atoms with Crippen LogP contribution < -0.4 is 10.1 Å². The number of dihydropyridines is 1. The maximum absolute atomic E-state index is 11.8. The van der Waals surface area contributed by atoms with Crippen molar-refractivity contribution in [2.75, 3.05) is 7.11 Å². The Bertz CT molecular complexity index is 930. The molecule has 5 heteroatoms. The molecule has 1 unspecified atom stereocenters. The second-order valence-corrected chi connectivity index (χ2v) is 6.81. The van der Waals surface area contributed by atoms with Crippen LogP contribution in [0.25, 0.3) is 0 Å². The molecular weight excluding hydrogens is 354 g/mol. The molecule has 0 bridgehead atoms. The Kier molecular flexibility index (Phi) is 6.04. The molecule has 1 aliphatic rings. The molecule has 28 heavy (non-hydrogen) atoms. The Morgan fingerprint density at radius 3 is 2.61 bits per heavy atom. The average Bonchev–Trinajstić information content (AvgIpc) is 2.68. The Morgan fingerprint density at radius 2 is 1.86 bits per heavy atom. The zero-order valence-electron chi connectivity index (χ0n) is 16.6. The van der Waals surface area contributed by atoms with Gasteiger partial charge in [-0.15, -0.1) is 0 Å². The predicted molar refractivity (Wildman–Crippen MR) is 108 cm³/mol.